The van der Waals surface area contributed by atoms with Gasteiger partial charge in [0.05, 0.1) is 50.8 Å². The van der Waals surface area contributed by atoms with Crippen molar-refractivity contribution in [3.8, 4) is 0 Å². The predicted molar refractivity (Wildman–Crippen MR) is 97.4 cm³/mol. The molecule has 6 heteroatoms. The van der Waals surface area contributed by atoms with Crippen molar-refractivity contribution >= 4 is 0 Å². The highest BCUT2D eigenvalue weighted by Crippen LogP contribution is 2.39. The molecular formula is C20H34N2O4. The monoisotopic (exact) mass is 366 g/mol. The number of rotatable bonds is 12. The van der Waals surface area contributed by atoms with Crippen LogP contribution < -0.4 is 0 Å². The zero-order valence-electron chi connectivity index (χ0n) is 15.9. The number of epoxide rings is 4. The topological polar surface area (TPSA) is 56.6 Å². The van der Waals surface area contributed by atoms with Gasteiger partial charge in [0.25, 0.3) is 0 Å². The van der Waals surface area contributed by atoms with Gasteiger partial charge in [-0.3, -0.25) is 9.80 Å². The highest BCUT2D eigenvalue weighted by atomic mass is 16.6. The summed E-state index contributed by atoms with van der Waals surface area (Å²) in [6.45, 7) is 10.5. The van der Waals surface area contributed by atoms with Crippen molar-refractivity contribution < 1.29 is 18.9 Å². The Bertz CT molecular complexity index is 404. The summed E-state index contributed by atoms with van der Waals surface area (Å²) in [5.74, 6) is 0. The van der Waals surface area contributed by atoms with E-state index in [-0.39, 0.29) is 0 Å². The molecule has 0 aromatic rings. The summed E-state index contributed by atoms with van der Waals surface area (Å²) in [7, 11) is 0. The Morgan fingerprint density at radius 2 is 0.923 bits per heavy atom. The lowest BCUT2D eigenvalue weighted by Gasteiger charge is -2.44. The first-order chi connectivity index (χ1) is 12.8. The second-order valence-electron chi connectivity index (χ2n) is 9.27. The van der Waals surface area contributed by atoms with E-state index in [9.17, 15) is 0 Å². The molecule has 0 spiro atoms. The third kappa shape index (κ3) is 5.40. The van der Waals surface area contributed by atoms with E-state index in [0.29, 0.717) is 29.8 Å². The van der Waals surface area contributed by atoms with Gasteiger partial charge in [-0.1, -0.05) is 19.3 Å². The van der Waals surface area contributed by atoms with Crippen molar-refractivity contribution in [2.24, 2.45) is 5.41 Å². The Kier molecular flexibility index (Phi) is 5.24. The minimum Gasteiger partial charge on any atom is -0.372 e. The van der Waals surface area contributed by atoms with E-state index in [1.807, 2.05) is 0 Å². The van der Waals surface area contributed by atoms with Crippen LogP contribution in [0, 0.1) is 5.41 Å². The molecule has 1 saturated carbocycles. The van der Waals surface area contributed by atoms with Crippen LogP contribution in [0.1, 0.15) is 32.1 Å². The van der Waals surface area contributed by atoms with Gasteiger partial charge in [-0.2, -0.15) is 0 Å². The number of hydrogen-bond acceptors (Lipinski definition) is 6. The standard InChI is InChI=1S/C20H34N2O4/c1-2-4-20(5-3-1,14-21(6-16-10-23-16)7-17-11-24-17)15-22(8-18-12-25-18)9-19-13-26-19/h16-19H,1-15H2. The van der Waals surface area contributed by atoms with Gasteiger partial charge in [-0.15, -0.1) is 0 Å². The summed E-state index contributed by atoms with van der Waals surface area (Å²) in [5.41, 5.74) is 0.409. The molecule has 0 amide bonds. The SMILES string of the molecule is C1CCC(CN(CC2CO2)CC2CO2)(CN(CC2CO2)CC2CO2)CC1. The summed E-state index contributed by atoms with van der Waals surface area (Å²) in [6, 6.07) is 0. The third-order valence-corrected chi connectivity index (χ3v) is 6.49. The maximum absolute atomic E-state index is 5.54. The molecule has 4 heterocycles. The summed E-state index contributed by atoms with van der Waals surface area (Å²) in [4.78, 5) is 5.31. The summed E-state index contributed by atoms with van der Waals surface area (Å²) < 4.78 is 22.2. The van der Waals surface area contributed by atoms with Crippen LogP contribution in [0.15, 0.2) is 0 Å². The van der Waals surface area contributed by atoms with Crippen LogP contribution in [0.5, 0.6) is 0 Å². The van der Waals surface area contributed by atoms with Crippen molar-refractivity contribution in [1.29, 1.82) is 0 Å². The Morgan fingerprint density at radius 1 is 0.577 bits per heavy atom. The molecule has 0 aromatic carbocycles. The van der Waals surface area contributed by atoms with Crippen molar-refractivity contribution in [1.82, 2.24) is 9.80 Å². The second-order valence-corrected chi connectivity index (χ2v) is 9.27. The Balaban J connectivity index is 1.25. The average molecular weight is 367 g/mol. The summed E-state index contributed by atoms with van der Waals surface area (Å²) in [6.07, 6.45) is 8.72. The minimum atomic E-state index is 0.409. The van der Waals surface area contributed by atoms with E-state index in [0.717, 1.165) is 52.6 Å². The van der Waals surface area contributed by atoms with Crippen LogP contribution in [0.2, 0.25) is 0 Å². The van der Waals surface area contributed by atoms with Crippen molar-refractivity contribution in [3.05, 3.63) is 0 Å². The molecule has 5 fully saturated rings. The van der Waals surface area contributed by atoms with Crippen LogP contribution in [0.4, 0.5) is 0 Å². The first kappa shape index (κ1) is 17.8. The lowest BCUT2D eigenvalue weighted by molar-refractivity contribution is 0.0477. The summed E-state index contributed by atoms with van der Waals surface area (Å²) in [5, 5.41) is 0. The quantitative estimate of drug-likeness (QED) is 0.483. The van der Waals surface area contributed by atoms with E-state index in [2.05, 4.69) is 9.80 Å². The van der Waals surface area contributed by atoms with Crippen LogP contribution >= 0.6 is 0 Å². The Hall–Kier alpha value is -0.240. The van der Waals surface area contributed by atoms with E-state index in [4.69, 9.17) is 18.9 Å². The minimum absolute atomic E-state index is 0.409. The lowest BCUT2D eigenvalue weighted by atomic mass is 9.73. The molecule has 4 atom stereocenters. The molecule has 0 aromatic heterocycles. The Morgan fingerprint density at radius 3 is 1.23 bits per heavy atom. The fraction of sp³-hybridized carbons (Fsp3) is 1.00. The van der Waals surface area contributed by atoms with E-state index in [1.165, 1.54) is 45.2 Å². The highest BCUT2D eigenvalue weighted by Gasteiger charge is 2.41. The molecule has 0 N–H and O–H groups in total. The van der Waals surface area contributed by atoms with Crippen molar-refractivity contribution in [3.63, 3.8) is 0 Å². The smallest absolute Gasteiger partial charge is 0.0936 e. The van der Waals surface area contributed by atoms with Crippen LogP contribution in [-0.2, 0) is 18.9 Å². The average Bonchev–Trinajstić information content (AvgIpc) is 3.41. The molecule has 26 heavy (non-hydrogen) atoms. The normalized spacial score (nSPS) is 37.2. The van der Waals surface area contributed by atoms with Gasteiger partial charge in [0, 0.05) is 39.3 Å². The summed E-state index contributed by atoms with van der Waals surface area (Å²) >= 11 is 0. The third-order valence-electron chi connectivity index (χ3n) is 6.49. The Labute approximate surface area is 157 Å². The zero-order valence-corrected chi connectivity index (χ0v) is 15.9. The van der Waals surface area contributed by atoms with E-state index < -0.39 is 0 Å². The predicted octanol–water partition coefficient (Wildman–Crippen LogP) is 1.14. The van der Waals surface area contributed by atoms with Crippen LogP contribution in [0.25, 0.3) is 0 Å². The number of ether oxygens (including phenoxy) is 4. The molecule has 0 radical (unpaired) electrons. The maximum atomic E-state index is 5.54. The van der Waals surface area contributed by atoms with E-state index in [1.54, 1.807) is 0 Å². The van der Waals surface area contributed by atoms with Gasteiger partial charge in [0.15, 0.2) is 0 Å². The molecule has 6 nitrogen and oxygen atoms in total. The second kappa shape index (κ2) is 7.64. The maximum Gasteiger partial charge on any atom is 0.0936 e. The largest absolute Gasteiger partial charge is 0.372 e. The van der Waals surface area contributed by atoms with Gasteiger partial charge in [0.1, 0.15) is 0 Å². The van der Waals surface area contributed by atoms with Gasteiger partial charge in [0.2, 0.25) is 0 Å². The van der Waals surface area contributed by atoms with Gasteiger partial charge >= 0.3 is 0 Å². The van der Waals surface area contributed by atoms with Crippen molar-refractivity contribution in [2.45, 2.75) is 56.5 Å². The van der Waals surface area contributed by atoms with Gasteiger partial charge in [-0.05, 0) is 18.3 Å². The fourth-order valence-corrected chi connectivity index (χ4v) is 4.87. The zero-order chi connectivity index (χ0) is 17.4. The molecule has 1 aliphatic carbocycles. The van der Waals surface area contributed by atoms with Crippen molar-refractivity contribution in [2.75, 3.05) is 65.7 Å². The highest BCUT2D eigenvalue weighted by molar-refractivity contribution is 4.93. The molecule has 4 saturated heterocycles. The van der Waals surface area contributed by atoms with Gasteiger partial charge < -0.3 is 18.9 Å². The molecule has 4 aliphatic heterocycles. The molecule has 0 bridgehead atoms. The fourth-order valence-electron chi connectivity index (χ4n) is 4.87. The molecular weight excluding hydrogens is 332 g/mol. The first-order valence-corrected chi connectivity index (χ1v) is 10.7. The van der Waals surface area contributed by atoms with Crippen LogP contribution in [0.3, 0.4) is 0 Å². The number of nitrogens with zero attached hydrogens (tertiary/aromatic N) is 2. The molecule has 4 unspecified atom stereocenters. The van der Waals surface area contributed by atoms with Crippen LogP contribution in [-0.4, -0.2) is 99.9 Å². The van der Waals surface area contributed by atoms with Gasteiger partial charge in [-0.25, -0.2) is 0 Å². The number of hydrogen-bond donors (Lipinski definition) is 0. The molecule has 5 aliphatic rings. The lowest BCUT2D eigenvalue weighted by Crippen LogP contribution is -2.49. The molecule has 5 rings (SSSR count). The first-order valence-electron chi connectivity index (χ1n) is 10.7. The van der Waals surface area contributed by atoms with E-state index >= 15 is 0 Å². The molecule has 148 valence electrons.